The van der Waals surface area contributed by atoms with E-state index in [2.05, 4.69) is 0 Å². The Balaban J connectivity index is 0.000000673. The first-order valence-corrected chi connectivity index (χ1v) is 4.05. The third kappa shape index (κ3) is 3.31. The standard InChI is InChI=1S/C9H8O4.CHNO/c1-5-6(8(10)11)3-2-4-7(5)9(12)13;2-1-3/h2-4H,1H3,(H,10,11)(H,12,13);3H. The zero-order valence-electron chi connectivity index (χ0n) is 8.34. The number of aromatic carboxylic acids is 2. The summed E-state index contributed by atoms with van der Waals surface area (Å²) in [5.74, 6) is -2.22. The van der Waals surface area contributed by atoms with Gasteiger partial charge in [0.15, 0.2) is 0 Å². The lowest BCUT2D eigenvalue weighted by Gasteiger charge is -2.03. The highest BCUT2D eigenvalue weighted by Crippen LogP contribution is 2.13. The Morgan fingerprint density at radius 1 is 1.19 bits per heavy atom. The summed E-state index contributed by atoms with van der Waals surface area (Å²) in [4.78, 5) is 21.2. The second-order valence-corrected chi connectivity index (χ2v) is 2.69. The van der Waals surface area contributed by atoms with Gasteiger partial charge in [-0.25, -0.2) is 9.59 Å². The quantitative estimate of drug-likeness (QED) is 0.649. The van der Waals surface area contributed by atoms with Crippen LogP contribution in [0.4, 0.5) is 0 Å². The first-order chi connectivity index (χ1) is 7.45. The number of nitrogens with zero attached hydrogens (tertiary/aromatic N) is 1. The summed E-state index contributed by atoms with van der Waals surface area (Å²) in [6.45, 7) is 1.48. The van der Waals surface area contributed by atoms with E-state index >= 15 is 0 Å². The molecule has 6 heteroatoms. The fraction of sp³-hybridized carbons (Fsp3) is 0.100. The molecule has 0 aromatic heterocycles. The van der Waals surface area contributed by atoms with Gasteiger partial charge in [0.05, 0.1) is 11.1 Å². The molecule has 1 aromatic rings. The summed E-state index contributed by atoms with van der Waals surface area (Å²) >= 11 is 0. The van der Waals surface area contributed by atoms with Crippen LogP contribution in [0.3, 0.4) is 0 Å². The molecule has 84 valence electrons. The van der Waals surface area contributed by atoms with E-state index in [0.29, 0.717) is 0 Å². The molecule has 16 heavy (non-hydrogen) atoms. The molecule has 0 heterocycles. The Kier molecular flexibility index (Phi) is 5.07. The molecule has 6 nitrogen and oxygen atoms in total. The Bertz CT molecular complexity index is 415. The van der Waals surface area contributed by atoms with Crippen molar-refractivity contribution in [2.24, 2.45) is 0 Å². The molecule has 0 fully saturated rings. The number of aliphatic hydroxyl groups is 1. The predicted octanol–water partition coefficient (Wildman–Crippen LogP) is 1.23. The zero-order valence-corrected chi connectivity index (χ0v) is 8.34. The molecule has 0 atom stereocenters. The number of hydrogen-bond donors (Lipinski definition) is 3. The molecule has 0 unspecified atom stereocenters. The van der Waals surface area contributed by atoms with Gasteiger partial charge in [-0.05, 0) is 24.6 Å². The number of benzene rings is 1. The number of rotatable bonds is 2. The molecule has 1 aromatic carbocycles. The average molecular weight is 223 g/mol. The molecule has 0 aliphatic carbocycles. The molecular formula is C10H9NO5. The maximum absolute atomic E-state index is 10.6. The molecule has 0 aliphatic rings. The van der Waals surface area contributed by atoms with Gasteiger partial charge in [-0.3, -0.25) is 0 Å². The Labute approximate surface area is 91.0 Å². The van der Waals surface area contributed by atoms with E-state index in [1.54, 1.807) is 0 Å². The van der Waals surface area contributed by atoms with Crippen LogP contribution >= 0.6 is 0 Å². The van der Waals surface area contributed by atoms with Crippen LogP contribution in [0.2, 0.25) is 0 Å². The largest absolute Gasteiger partial charge is 0.478 e. The highest BCUT2D eigenvalue weighted by atomic mass is 16.4. The summed E-state index contributed by atoms with van der Waals surface area (Å²) in [5.41, 5.74) is 0.335. The molecule has 0 saturated carbocycles. The molecule has 1 rings (SSSR count). The van der Waals surface area contributed by atoms with Crippen molar-refractivity contribution in [3.8, 4) is 6.26 Å². The van der Waals surface area contributed by atoms with Gasteiger partial charge in [-0.15, -0.1) is 0 Å². The van der Waals surface area contributed by atoms with Crippen LogP contribution in [0, 0.1) is 18.4 Å². The summed E-state index contributed by atoms with van der Waals surface area (Å²) < 4.78 is 0. The summed E-state index contributed by atoms with van der Waals surface area (Å²) in [6, 6.07) is 4.17. The number of hydrogen-bond acceptors (Lipinski definition) is 4. The van der Waals surface area contributed by atoms with Crippen LogP contribution in [0.1, 0.15) is 26.3 Å². The second-order valence-electron chi connectivity index (χ2n) is 2.69. The van der Waals surface area contributed by atoms with E-state index in [9.17, 15) is 9.59 Å². The maximum Gasteiger partial charge on any atom is 0.335 e. The summed E-state index contributed by atoms with van der Waals surface area (Å²) in [7, 11) is 0. The monoisotopic (exact) mass is 223 g/mol. The van der Waals surface area contributed by atoms with Crippen LogP contribution in [-0.2, 0) is 0 Å². The fourth-order valence-corrected chi connectivity index (χ4v) is 1.10. The molecule has 0 amide bonds. The van der Waals surface area contributed by atoms with E-state index in [4.69, 9.17) is 20.6 Å². The predicted molar refractivity (Wildman–Crippen MR) is 52.6 cm³/mol. The molecule has 3 N–H and O–H groups in total. The van der Waals surface area contributed by atoms with Gasteiger partial charge < -0.3 is 15.3 Å². The van der Waals surface area contributed by atoms with Crippen molar-refractivity contribution in [1.82, 2.24) is 0 Å². The molecule has 0 spiro atoms. The fourth-order valence-electron chi connectivity index (χ4n) is 1.10. The van der Waals surface area contributed by atoms with Gasteiger partial charge in [0.2, 0.25) is 0 Å². The third-order valence-corrected chi connectivity index (χ3v) is 1.79. The van der Waals surface area contributed by atoms with Crippen LogP contribution in [0.15, 0.2) is 18.2 Å². The maximum atomic E-state index is 10.6. The average Bonchev–Trinajstić information content (AvgIpc) is 2.18. The van der Waals surface area contributed by atoms with E-state index in [-0.39, 0.29) is 16.7 Å². The zero-order chi connectivity index (χ0) is 12.7. The van der Waals surface area contributed by atoms with Crippen molar-refractivity contribution in [3.63, 3.8) is 0 Å². The van der Waals surface area contributed by atoms with Gasteiger partial charge in [0.1, 0.15) is 0 Å². The van der Waals surface area contributed by atoms with E-state index in [1.807, 2.05) is 0 Å². The number of carboxylic acids is 2. The van der Waals surface area contributed by atoms with Crippen molar-refractivity contribution in [2.75, 3.05) is 0 Å². The smallest absolute Gasteiger partial charge is 0.335 e. The van der Waals surface area contributed by atoms with Crippen molar-refractivity contribution in [2.45, 2.75) is 6.92 Å². The first-order valence-electron chi connectivity index (χ1n) is 4.05. The minimum Gasteiger partial charge on any atom is -0.478 e. The lowest BCUT2D eigenvalue weighted by atomic mass is 10.0. The lowest BCUT2D eigenvalue weighted by Crippen LogP contribution is -2.06. The van der Waals surface area contributed by atoms with Gasteiger partial charge >= 0.3 is 11.9 Å². The normalized spacial score (nSPS) is 8.25. The number of carbonyl (C=O) groups is 2. The molecule has 0 saturated heterocycles. The summed E-state index contributed by atoms with van der Waals surface area (Å²) in [5, 5.41) is 31.1. The molecule has 0 radical (unpaired) electrons. The molecule has 0 aliphatic heterocycles. The van der Waals surface area contributed by atoms with E-state index < -0.39 is 11.9 Å². The van der Waals surface area contributed by atoms with Crippen LogP contribution < -0.4 is 0 Å². The highest BCUT2D eigenvalue weighted by molar-refractivity contribution is 5.96. The Hall–Kier alpha value is -2.55. The van der Waals surface area contributed by atoms with Crippen molar-refractivity contribution in [1.29, 1.82) is 5.26 Å². The minimum absolute atomic E-state index is 0.0277. The number of carboxylic acid groups (broad SMARTS) is 2. The van der Waals surface area contributed by atoms with Gasteiger partial charge in [-0.2, -0.15) is 5.26 Å². The number of aliphatic hydroxyl groups excluding tert-OH is 1. The van der Waals surface area contributed by atoms with Crippen molar-refractivity contribution < 1.29 is 24.9 Å². The van der Waals surface area contributed by atoms with E-state index in [0.717, 1.165) is 6.26 Å². The van der Waals surface area contributed by atoms with Crippen LogP contribution in [0.25, 0.3) is 0 Å². The van der Waals surface area contributed by atoms with Gasteiger partial charge in [-0.1, -0.05) is 6.07 Å². The van der Waals surface area contributed by atoms with Gasteiger partial charge in [0.25, 0.3) is 6.26 Å². The third-order valence-electron chi connectivity index (χ3n) is 1.79. The highest BCUT2D eigenvalue weighted by Gasteiger charge is 2.13. The summed E-state index contributed by atoms with van der Waals surface area (Å²) in [6.07, 6.45) is 0.750. The number of nitriles is 1. The SMILES string of the molecule is Cc1c(C(=O)O)cccc1C(=O)O.N#CO. The van der Waals surface area contributed by atoms with Crippen molar-refractivity contribution in [3.05, 3.63) is 34.9 Å². The lowest BCUT2D eigenvalue weighted by molar-refractivity contribution is 0.0696. The first kappa shape index (κ1) is 13.4. The second kappa shape index (κ2) is 6.03. The minimum atomic E-state index is -1.11. The van der Waals surface area contributed by atoms with Gasteiger partial charge in [0, 0.05) is 0 Å². The van der Waals surface area contributed by atoms with Crippen molar-refractivity contribution >= 4 is 11.9 Å². The van der Waals surface area contributed by atoms with E-state index in [1.165, 1.54) is 25.1 Å². The topological polar surface area (TPSA) is 119 Å². The Morgan fingerprint density at radius 3 is 1.75 bits per heavy atom. The Morgan fingerprint density at radius 2 is 1.50 bits per heavy atom. The molecule has 0 bridgehead atoms. The molecular weight excluding hydrogens is 214 g/mol. The van der Waals surface area contributed by atoms with Crippen LogP contribution in [0.5, 0.6) is 0 Å². The van der Waals surface area contributed by atoms with Crippen LogP contribution in [-0.4, -0.2) is 27.3 Å².